The van der Waals surface area contributed by atoms with E-state index in [1.165, 1.54) is 0 Å². The molecule has 0 fully saturated rings. The van der Waals surface area contributed by atoms with Crippen molar-refractivity contribution in [3.63, 3.8) is 0 Å². The summed E-state index contributed by atoms with van der Waals surface area (Å²) in [5.74, 6) is 0.163. The molecule has 0 aromatic heterocycles. The van der Waals surface area contributed by atoms with Gasteiger partial charge in [-0.2, -0.15) is 0 Å². The zero-order chi connectivity index (χ0) is 11.4. The molecule has 2 N–H and O–H groups in total. The van der Waals surface area contributed by atoms with Crippen LogP contribution < -0.4 is 5.32 Å². The highest BCUT2D eigenvalue weighted by atomic mass is 35.5. The summed E-state index contributed by atoms with van der Waals surface area (Å²) in [5.41, 5.74) is 0.728. The summed E-state index contributed by atoms with van der Waals surface area (Å²) < 4.78 is 0. The molecule has 1 atom stereocenters. The Hall–Kier alpha value is -0.150. The third-order valence-corrected chi connectivity index (χ3v) is 3.00. The monoisotopic (exact) mass is 267 g/mol. The number of hydrogen-bond donors (Lipinski definition) is 2. The summed E-state index contributed by atoms with van der Waals surface area (Å²) in [5, 5.41) is 13.4. The molecule has 0 amide bonds. The van der Waals surface area contributed by atoms with Crippen LogP contribution >= 0.6 is 34.8 Å². The minimum atomic E-state index is 0.131. The van der Waals surface area contributed by atoms with Gasteiger partial charge in [0, 0.05) is 13.2 Å². The lowest BCUT2D eigenvalue weighted by Crippen LogP contribution is -2.14. The van der Waals surface area contributed by atoms with E-state index in [-0.39, 0.29) is 12.5 Å². The maximum atomic E-state index is 8.86. The summed E-state index contributed by atoms with van der Waals surface area (Å²) in [6, 6.07) is 3.27. The van der Waals surface area contributed by atoms with Crippen molar-refractivity contribution in [2.24, 2.45) is 5.92 Å². The van der Waals surface area contributed by atoms with E-state index in [0.29, 0.717) is 21.6 Å². The fourth-order valence-corrected chi connectivity index (χ4v) is 1.62. The van der Waals surface area contributed by atoms with Gasteiger partial charge in [-0.25, -0.2) is 0 Å². The van der Waals surface area contributed by atoms with Gasteiger partial charge in [-0.05, 0) is 18.1 Å². The summed E-state index contributed by atoms with van der Waals surface area (Å²) in [6.07, 6.45) is 0. The summed E-state index contributed by atoms with van der Waals surface area (Å²) >= 11 is 17.6. The average Bonchev–Trinajstić information content (AvgIpc) is 2.21. The zero-order valence-corrected chi connectivity index (χ0v) is 10.5. The lowest BCUT2D eigenvalue weighted by atomic mass is 10.2. The third kappa shape index (κ3) is 3.72. The number of rotatable bonds is 4. The molecule has 0 saturated heterocycles. The topological polar surface area (TPSA) is 32.3 Å². The predicted octanol–water partition coefficient (Wildman–Crippen LogP) is 3.69. The number of aliphatic hydroxyl groups is 1. The molecule has 0 heterocycles. The summed E-state index contributed by atoms with van der Waals surface area (Å²) in [6.45, 7) is 2.69. The van der Waals surface area contributed by atoms with E-state index in [1.807, 2.05) is 6.92 Å². The minimum absolute atomic E-state index is 0.131. The third-order valence-electron chi connectivity index (χ3n) is 1.96. The Morgan fingerprint density at radius 3 is 2.40 bits per heavy atom. The van der Waals surface area contributed by atoms with Gasteiger partial charge in [-0.1, -0.05) is 41.7 Å². The van der Waals surface area contributed by atoms with E-state index in [0.717, 1.165) is 5.69 Å². The molecule has 0 saturated carbocycles. The Morgan fingerprint density at radius 2 is 1.80 bits per heavy atom. The quantitative estimate of drug-likeness (QED) is 0.816. The highest BCUT2D eigenvalue weighted by Gasteiger charge is 2.06. The average molecular weight is 269 g/mol. The first-order valence-corrected chi connectivity index (χ1v) is 5.67. The Labute approximate surface area is 104 Å². The molecule has 1 rings (SSSR count). The van der Waals surface area contributed by atoms with Gasteiger partial charge in [0.2, 0.25) is 0 Å². The Balaban J connectivity index is 2.73. The molecule has 0 bridgehead atoms. The van der Waals surface area contributed by atoms with Gasteiger partial charge < -0.3 is 10.4 Å². The number of aliphatic hydroxyl groups excluding tert-OH is 1. The number of anilines is 1. The Morgan fingerprint density at radius 1 is 1.20 bits per heavy atom. The molecule has 15 heavy (non-hydrogen) atoms. The fraction of sp³-hybridized carbons (Fsp3) is 0.400. The molecule has 1 aromatic rings. The first-order valence-electron chi connectivity index (χ1n) is 4.54. The molecule has 0 aliphatic carbocycles. The fourth-order valence-electron chi connectivity index (χ4n) is 1.01. The van der Waals surface area contributed by atoms with E-state index in [1.54, 1.807) is 12.1 Å². The van der Waals surface area contributed by atoms with E-state index in [4.69, 9.17) is 39.9 Å². The molecule has 0 radical (unpaired) electrons. The molecule has 2 nitrogen and oxygen atoms in total. The van der Waals surface area contributed by atoms with Crippen molar-refractivity contribution in [3.8, 4) is 0 Å². The first kappa shape index (κ1) is 12.9. The Kier molecular flexibility index (Phi) is 5.00. The maximum absolute atomic E-state index is 8.86. The second-order valence-corrected chi connectivity index (χ2v) is 4.64. The van der Waals surface area contributed by atoms with Crippen molar-refractivity contribution < 1.29 is 5.11 Å². The molecule has 84 valence electrons. The van der Waals surface area contributed by atoms with Crippen molar-refractivity contribution in [2.75, 3.05) is 18.5 Å². The van der Waals surface area contributed by atoms with Crippen LogP contribution in [0.1, 0.15) is 6.92 Å². The van der Waals surface area contributed by atoms with Crippen LogP contribution in [-0.2, 0) is 0 Å². The van der Waals surface area contributed by atoms with Gasteiger partial charge in [0.05, 0.1) is 20.8 Å². The second-order valence-electron chi connectivity index (χ2n) is 3.41. The number of halogens is 3. The largest absolute Gasteiger partial charge is 0.396 e. The van der Waals surface area contributed by atoms with Gasteiger partial charge in [0.1, 0.15) is 0 Å². The normalized spacial score (nSPS) is 12.6. The van der Waals surface area contributed by atoms with E-state index < -0.39 is 0 Å². The first-order chi connectivity index (χ1) is 7.04. The van der Waals surface area contributed by atoms with Gasteiger partial charge in [0.25, 0.3) is 0 Å². The van der Waals surface area contributed by atoms with Crippen molar-refractivity contribution in [1.82, 2.24) is 0 Å². The molecule has 0 spiro atoms. The highest BCUT2D eigenvalue weighted by Crippen LogP contribution is 2.32. The van der Waals surface area contributed by atoms with E-state index in [9.17, 15) is 0 Å². The smallest absolute Gasteiger partial charge is 0.0653 e. The SMILES string of the molecule is CC(CO)CNc1cc(Cl)c(Cl)cc1Cl. The van der Waals surface area contributed by atoms with Crippen LogP contribution in [0, 0.1) is 5.92 Å². The van der Waals surface area contributed by atoms with Gasteiger partial charge in [-0.15, -0.1) is 0 Å². The number of hydrogen-bond acceptors (Lipinski definition) is 2. The Bertz CT molecular complexity index is 344. The van der Waals surface area contributed by atoms with Crippen molar-refractivity contribution in [3.05, 3.63) is 27.2 Å². The lowest BCUT2D eigenvalue weighted by Gasteiger charge is -2.12. The lowest BCUT2D eigenvalue weighted by molar-refractivity contribution is 0.244. The van der Waals surface area contributed by atoms with Crippen LogP contribution in [0.2, 0.25) is 15.1 Å². The molecular weight excluding hydrogens is 256 g/mol. The molecular formula is C10H12Cl3NO. The van der Waals surface area contributed by atoms with Crippen LogP contribution in [0.25, 0.3) is 0 Å². The second kappa shape index (κ2) is 5.80. The zero-order valence-electron chi connectivity index (χ0n) is 8.23. The minimum Gasteiger partial charge on any atom is -0.396 e. The standard InChI is InChI=1S/C10H12Cl3NO/c1-6(5-15)4-14-10-3-8(12)7(11)2-9(10)13/h2-3,6,14-15H,4-5H2,1H3. The van der Waals surface area contributed by atoms with Crippen LogP contribution in [0.4, 0.5) is 5.69 Å². The van der Waals surface area contributed by atoms with Gasteiger partial charge in [-0.3, -0.25) is 0 Å². The van der Waals surface area contributed by atoms with Crippen molar-refractivity contribution in [1.29, 1.82) is 0 Å². The van der Waals surface area contributed by atoms with Crippen LogP contribution in [-0.4, -0.2) is 18.3 Å². The molecule has 1 aromatic carbocycles. The van der Waals surface area contributed by atoms with E-state index in [2.05, 4.69) is 5.32 Å². The number of benzene rings is 1. The van der Waals surface area contributed by atoms with Gasteiger partial charge >= 0.3 is 0 Å². The molecule has 1 unspecified atom stereocenters. The molecule has 0 aliphatic heterocycles. The molecule has 0 aliphatic rings. The summed E-state index contributed by atoms with van der Waals surface area (Å²) in [4.78, 5) is 0. The highest BCUT2D eigenvalue weighted by molar-refractivity contribution is 6.44. The van der Waals surface area contributed by atoms with Crippen LogP contribution in [0.5, 0.6) is 0 Å². The van der Waals surface area contributed by atoms with Crippen LogP contribution in [0.3, 0.4) is 0 Å². The number of nitrogens with one attached hydrogen (secondary N) is 1. The van der Waals surface area contributed by atoms with E-state index >= 15 is 0 Å². The maximum Gasteiger partial charge on any atom is 0.0653 e. The predicted molar refractivity (Wildman–Crippen MR) is 66.2 cm³/mol. The molecule has 5 heteroatoms. The van der Waals surface area contributed by atoms with Crippen molar-refractivity contribution in [2.45, 2.75) is 6.92 Å². The van der Waals surface area contributed by atoms with Gasteiger partial charge in [0.15, 0.2) is 0 Å². The van der Waals surface area contributed by atoms with Crippen molar-refractivity contribution >= 4 is 40.5 Å². The van der Waals surface area contributed by atoms with Crippen LogP contribution in [0.15, 0.2) is 12.1 Å². The summed E-state index contributed by atoms with van der Waals surface area (Å²) in [7, 11) is 0.